The lowest BCUT2D eigenvalue weighted by molar-refractivity contribution is -0.142. The molecule has 0 bridgehead atoms. The lowest BCUT2D eigenvalue weighted by atomic mass is 9.99. The number of carbonyl (C=O) groups is 1. The number of hydrogen-bond donors (Lipinski definition) is 1. The van der Waals surface area contributed by atoms with E-state index in [1.165, 1.54) is 0 Å². The Kier molecular flexibility index (Phi) is 3.27. The van der Waals surface area contributed by atoms with Crippen LogP contribution in [-0.4, -0.2) is 39.3 Å². The summed E-state index contributed by atoms with van der Waals surface area (Å²) in [5.41, 5.74) is 0. The van der Waals surface area contributed by atoms with Crippen molar-refractivity contribution in [2.45, 2.75) is 13.5 Å². The molecule has 0 spiro atoms. The number of carboxylic acids is 1. The van der Waals surface area contributed by atoms with E-state index in [0.29, 0.717) is 30.6 Å². The molecule has 2 unspecified atom stereocenters. The smallest absolute Gasteiger partial charge is 0.308 e. The van der Waals surface area contributed by atoms with Crippen LogP contribution >= 0.6 is 0 Å². The van der Waals surface area contributed by atoms with E-state index in [0.717, 1.165) is 6.54 Å². The molecule has 7 nitrogen and oxygen atoms in total. The summed E-state index contributed by atoms with van der Waals surface area (Å²) < 4.78 is 10.7. The number of carboxylic acid groups (broad SMARTS) is 1. The van der Waals surface area contributed by atoms with Crippen molar-refractivity contribution in [2.24, 2.45) is 11.8 Å². The molecule has 0 radical (unpaired) electrons. The van der Waals surface area contributed by atoms with Gasteiger partial charge >= 0.3 is 5.97 Å². The van der Waals surface area contributed by atoms with E-state index in [-0.39, 0.29) is 11.8 Å². The standard InChI is InChI=1S/C13H15N3O4/c1-8-5-16(6-9(8)13(17)18)7-11-14-15-12(20-11)10-3-2-4-19-10/h2-4,8-9H,5-7H2,1H3,(H,17,18). The largest absolute Gasteiger partial charge is 0.481 e. The van der Waals surface area contributed by atoms with Crippen LogP contribution in [0.15, 0.2) is 27.2 Å². The highest BCUT2D eigenvalue weighted by Crippen LogP contribution is 2.25. The molecule has 0 amide bonds. The summed E-state index contributed by atoms with van der Waals surface area (Å²) in [6.45, 7) is 3.63. The van der Waals surface area contributed by atoms with Crippen LogP contribution in [0, 0.1) is 11.8 Å². The van der Waals surface area contributed by atoms with Crippen LogP contribution in [0.25, 0.3) is 11.7 Å². The molecule has 0 saturated carbocycles. The molecule has 3 heterocycles. The number of aromatic nitrogens is 2. The number of nitrogens with zero attached hydrogens (tertiary/aromatic N) is 3. The Labute approximate surface area is 115 Å². The zero-order valence-corrected chi connectivity index (χ0v) is 11.0. The van der Waals surface area contributed by atoms with Gasteiger partial charge in [0.1, 0.15) is 0 Å². The molecule has 2 aromatic rings. The number of aliphatic carboxylic acids is 1. The second-order valence-electron chi connectivity index (χ2n) is 5.09. The highest BCUT2D eigenvalue weighted by molar-refractivity contribution is 5.71. The molecule has 2 atom stereocenters. The quantitative estimate of drug-likeness (QED) is 0.904. The molecule has 1 fully saturated rings. The minimum atomic E-state index is -0.748. The first-order valence-corrected chi connectivity index (χ1v) is 6.45. The van der Waals surface area contributed by atoms with Gasteiger partial charge in [-0.25, -0.2) is 0 Å². The number of hydrogen-bond acceptors (Lipinski definition) is 6. The van der Waals surface area contributed by atoms with Crippen LogP contribution in [0.5, 0.6) is 0 Å². The maximum Gasteiger partial charge on any atom is 0.308 e. The van der Waals surface area contributed by atoms with E-state index < -0.39 is 5.97 Å². The van der Waals surface area contributed by atoms with Gasteiger partial charge in [0.2, 0.25) is 5.89 Å². The van der Waals surface area contributed by atoms with E-state index in [2.05, 4.69) is 10.2 Å². The van der Waals surface area contributed by atoms with E-state index in [4.69, 9.17) is 13.9 Å². The minimum absolute atomic E-state index is 0.125. The summed E-state index contributed by atoms with van der Waals surface area (Å²) in [5.74, 6) is 0.382. The Morgan fingerprint density at radius 2 is 2.35 bits per heavy atom. The number of likely N-dealkylation sites (tertiary alicyclic amines) is 1. The van der Waals surface area contributed by atoms with Gasteiger partial charge in [-0.3, -0.25) is 9.69 Å². The molecular formula is C13H15N3O4. The van der Waals surface area contributed by atoms with Crippen LogP contribution in [-0.2, 0) is 11.3 Å². The molecule has 106 valence electrons. The van der Waals surface area contributed by atoms with E-state index in [1.807, 2.05) is 11.8 Å². The SMILES string of the molecule is CC1CN(Cc2nnc(-c3ccco3)o2)CC1C(=O)O. The van der Waals surface area contributed by atoms with Crippen LogP contribution in [0.4, 0.5) is 0 Å². The van der Waals surface area contributed by atoms with Crippen LogP contribution < -0.4 is 0 Å². The maximum absolute atomic E-state index is 11.1. The Morgan fingerprint density at radius 3 is 3.00 bits per heavy atom. The summed E-state index contributed by atoms with van der Waals surface area (Å²) in [5, 5.41) is 17.0. The Bertz CT molecular complexity index is 593. The summed E-state index contributed by atoms with van der Waals surface area (Å²) in [6, 6.07) is 3.49. The number of furan rings is 1. The fraction of sp³-hybridized carbons (Fsp3) is 0.462. The lowest BCUT2D eigenvalue weighted by Crippen LogP contribution is -2.23. The van der Waals surface area contributed by atoms with Crippen molar-refractivity contribution in [1.82, 2.24) is 15.1 Å². The van der Waals surface area contributed by atoms with Crippen molar-refractivity contribution in [1.29, 1.82) is 0 Å². The molecule has 2 aromatic heterocycles. The molecule has 1 aliphatic rings. The Morgan fingerprint density at radius 1 is 1.50 bits per heavy atom. The normalized spacial score (nSPS) is 23.2. The first-order chi connectivity index (χ1) is 9.63. The second-order valence-corrected chi connectivity index (χ2v) is 5.09. The monoisotopic (exact) mass is 277 g/mol. The summed E-state index contributed by atoms with van der Waals surface area (Å²) >= 11 is 0. The van der Waals surface area contributed by atoms with Crippen molar-refractivity contribution in [2.75, 3.05) is 13.1 Å². The van der Waals surface area contributed by atoms with Crippen LogP contribution in [0.3, 0.4) is 0 Å². The summed E-state index contributed by atoms with van der Waals surface area (Å²) in [4.78, 5) is 13.1. The van der Waals surface area contributed by atoms with Crippen LogP contribution in [0.1, 0.15) is 12.8 Å². The average Bonchev–Trinajstić information content (AvgIpc) is 3.09. The topological polar surface area (TPSA) is 92.6 Å². The third kappa shape index (κ3) is 2.44. The average molecular weight is 277 g/mol. The fourth-order valence-electron chi connectivity index (χ4n) is 2.53. The third-order valence-electron chi connectivity index (χ3n) is 3.56. The van der Waals surface area contributed by atoms with Crippen molar-refractivity contribution in [3.05, 3.63) is 24.3 Å². The predicted molar refractivity (Wildman–Crippen MR) is 67.6 cm³/mol. The molecule has 20 heavy (non-hydrogen) atoms. The van der Waals surface area contributed by atoms with Gasteiger partial charge in [0.05, 0.1) is 18.7 Å². The molecule has 3 rings (SSSR count). The molecule has 1 aliphatic heterocycles. The number of rotatable bonds is 4. The van der Waals surface area contributed by atoms with E-state index in [1.54, 1.807) is 18.4 Å². The Balaban J connectivity index is 1.66. The van der Waals surface area contributed by atoms with Crippen molar-refractivity contribution in [3.8, 4) is 11.7 Å². The molecule has 7 heteroatoms. The zero-order valence-electron chi connectivity index (χ0n) is 11.0. The highest BCUT2D eigenvalue weighted by Gasteiger charge is 2.35. The molecule has 1 saturated heterocycles. The highest BCUT2D eigenvalue weighted by atomic mass is 16.4. The minimum Gasteiger partial charge on any atom is -0.481 e. The van der Waals surface area contributed by atoms with Gasteiger partial charge in [0.25, 0.3) is 5.89 Å². The van der Waals surface area contributed by atoms with E-state index in [9.17, 15) is 4.79 Å². The molecule has 1 N–H and O–H groups in total. The fourth-order valence-corrected chi connectivity index (χ4v) is 2.53. The predicted octanol–water partition coefficient (Wildman–Crippen LogP) is 1.48. The second kappa shape index (κ2) is 5.09. The van der Waals surface area contributed by atoms with Gasteiger partial charge in [0, 0.05) is 13.1 Å². The maximum atomic E-state index is 11.1. The lowest BCUT2D eigenvalue weighted by Gasteiger charge is -2.11. The Hall–Kier alpha value is -2.15. The van der Waals surface area contributed by atoms with Gasteiger partial charge in [-0.05, 0) is 18.1 Å². The van der Waals surface area contributed by atoms with E-state index >= 15 is 0 Å². The van der Waals surface area contributed by atoms with Gasteiger partial charge in [0.15, 0.2) is 5.76 Å². The molecular weight excluding hydrogens is 262 g/mol. The van der Waals surface area contributed by atoms with Crippen molar-refractivity contribution < 1.29 is 18.7 Å². The van der Waals surface area contributed by atoms with Crippen molar-refractivity contribution in [3.63, 3.8) is 0 Å². The van der Waals surface area contributed by atoms with Gasteiger partial charge in [-0.1, -0.05) is 6.92 Å². The van der Waals surface area contributed by atoms with Gasteiger partial charge in [-0.2, -0.15) is 0 Å². The first kappa shape index (κ1) is 12.9. The summed E-state index contributed by atoms with van der Waals surface area (Å²) in [6.07, 6.45) is 1.54. The van der Waals surface area contributed by atoms with Crippen molar-refractivity contribution >= 4 is 5.97 Å². The zero-order chi connectivity index (χ0) is 14.1. The van der Waals surface area contributed by atoms with Gasteiger partial charge < -0.3 is 13.9 Å². The molecule has 0 aromatic carbocycles. The third-order valence-corrected chi connectivity index (χ3v) is 3.56. The first-order valence-electron chi connectivity index (χ1n) is 6.45. The van der Waals surface area contributed by atoms with Crippen LogP contribution in [0.2, 0.25) is 0 Å². The summed E-state index contributed by atoms with van der Waals surface area (Å²) in [7, 11) is 0. The molecule has 0 aliphatic carbocycles. The van der Waals surface area contributed by atoms with Gasteiger partial charge in [-0.15, -0.1) is 10.2 Å².